The average Bonchev–Trinajstić information content (AvgIpc) is 3.13. The molecule has 1 aromatic carbocycles. The van der Waals surface area contributed by atoms with E-state index in [1.165, 1.54) is 12.8 Å². The highest BCUT2D eigenvalue weighted by atomic mass is 35.5. The molecule has 2 atom stereocenters. The van der Waals surface area contributed by atoms with E-state index in [9.17, 15) is 4.79 Å². The number of ether oxygens (including phenoxy) is 2. The Hall–Kier alpha value is -1.46. The highest BCUT2D eigenvalue weighted by Crippen LogP contribution is 2.30. The third-order valence-corrected chi connectivity index (χ3v) is 4.43. The van der Waals surface area contributed by atoms with Gasteiger partial charge in [-0.3, -0.25) is 4.79 Å². The van der Waals surface area contributed by atoms with Crippen LogP contribution >= 0.6 is 12.4 Å². The molecule has 1 fully saturated rings. The summed E-state index contributed by atoms with van der Waals surface area (Å²) in [7, 11) is 1.64. The van der Waals surface area contributed by atoms with Gasteiger partial charge in [-0.05, 0) is 50.4 Å². The van der Waals surface area contributed by atoms with E-state index < -0.39 is 0 Å². The highest BCUT2D eigenvalue weighted by molar-refractivity contribution is 5.85. The van der Waals surface area contributed by atoms with E-state index in [4.69, 9.17) is 9.47 Å². The Morgan fingerprint density at radius 2 is 2.16 bits per heavy atom. The number of carbonyl (C=O) groups is 1. The average molecular weight is 371 g/mol. The number of nitrogens with one attached hydrogen (secondary N) is 2. The lowest BCUT2D eigenvalue weighted by Crippen LogP contribution is -2.41. The Bertz CT molecular complexity index is 533. The number of hydrogen-bond donors (Lipinski definition) is 2. The molecule has 1 aromatic rings. The van der Waals surface area contributed by atoms with Crippen molar-refractivity contribution < 1.29 is 14.3 Å². The smallest absolute Gasteiger partial charge is 0.237 e. The number of halogens is 1. The van der Waals surface area contributed by atoms with Crippen molar-refractivity contribution in [3.05, 3.63) is 23.8 Å². The van der Waals surface area contributed by atoms with Crippen LogP contribution in [0.1, 0.15) is 57.6 Å². The van der Waals surface area contributed by atoms with Crippen molar-refractivity contribution in [3.8, 4) is 11.5 Å². The number of unbranched alkanes of at least 4 members (excludes halogenated alkanes) is 2. The number of hydrogen-bond acceptors (Lipinski definition) is 4. The lowest BCUT2D eigenvalue weighted by Gasteiger charge is -2.19. The molecule has 1 aliphatic rings. The minimum atomic E-state index is -0.0667. The van der Waals surface area contributed by atoms with Crippen LogP contribution in [0, 0.1) is 0 Å². The van der Waals surface area contributed by atoms with Gasteiger partial charge in [-0.1, -0.05) is 25.8 Å². The van der Waals surface area contributed by atoms with Crippen LogP contribution in [0.4, 0.5) is 0 Å². The zero-order chi connectivity index (χ0) is 17.4. The normalized spacial score (nSPS) is 17.5. The van der Waals surface area contributed by atoms with Gasteiger partial charge >= 0.3 is 0 Å². The van der Waals surface area contributed by atoms with Crippen LogP contribution in [-0.4, -0.2) is 32.2 Å². The summed E-state index contributed by atoms with van der Waals surface area (Å²) in [5.74, 6) is 1.54. The van der Waals surface area contributed by atoms with Crippen molar-refractivity contribution >= 4 is 18.3 Å². The molecular formula is C19H31ClN2O3. The van der Waals surface area contributed by atoms with Gasteiger partial charge in [0, 0.05) is 0 Å². The second-order valence-electron chi connectivity index (χ2n) is 6.35. The monoisotopic (exact) mass is 370 g/mol. The van der Waals surface area contributed by atoms with Gasteiger partial charge < -0.3 is 20.1 Å². The Balaban J connectivity index is 0.00000312. The molecule has 25 heavy (non-hydrogen) atoms. The highest BCUT2D eigenvalue weighted by Gasteiger charge is 2.23. The molecule has 1 amide bonds. The van der Waals surface area contributed by atoms with Gasteiger partial charge in [0.1, 0.15) is 0 Å². The number of benzene rings is 1. The van der Waals surface area contributed by atoms with Crippen molar-refractivity contribution in [2.45, 2.75) is 58.0 Å². The van der Waals surface area contributed by atoms with Crippen LogP contribution in [-0.2, 0) is 4.79 Å². The summed E-state index contributed by atoms with van der Waals surface area (Å²) >= 11 is 0. The fourth-order valence-electron chi connectivity index (χ4n) is 2.91. The number of rotatable bonds is 9. The van der Waals surface area contributed by atoms with Crippen LogP contribution in [0.15, 0.2) is 18.2 Å². The van der Waals surface area contributed by atoms with E-state index in [0.717, 1.165) is 37.1 Å². The maximum absolute atomic E-state index is 12.2. The van der Waals surface area contributed by atoms with Crippen molar-refractivity contribution in [1.82, 2.24) is 10.6 Å². The molecule has 1 aliphatic heterocycles. The van der Waals surface area contributed by atoms with Gasteiger partial charge in [0.25, 0.3) is 0 Å². The first-order valence-corrected chi connectivity index (χ1v) is 9.00. The van der Waals surface area contributed by atoms with Crippen molar-refractivity contribution in [3.63, 3.8) is 0 Å². The predicted octanol–water partition coefficient (Wildman–Crippen LogP) is 3.62. The van der Waals surface area contributed by atoms with Crippen LogP contribution < -0.4 is 20.1 Å². The number of amides is 1. The van der Waals surface area contributed by atoms with Crippen LogP contribution in [0.25, 0.3) is 0 Å². The van der Waals surface area contributed by atoms with Crippen molar-refractivity contribution in [2.75, 3.05) is 20.3 Å². The Kier molecular flexibility index (Phi) is 9.68. The fraction of sp³-hybridized carbons (Fsp3) is 0.632. The largest absolute Gasteiger partial charge is 0.493 e. The van der Waals surface area contributed by atoms with E-state index in [1.54, 1.807) is 7.11 Å². The first kappa shape index (κ1) is 21.6. The fourth-order valence-corrected chi connectivity index (χ4v) is 2.91. The first-order chi connectivity index (χ1) is 11.7. The summed E-state index contributed by atoms with van der Waals surface area (Å²) in [4.78, 5) is 12.2. The SMILES string of the molecule is CCCCCOc1ccc(C(C)NC(=O)C2CCCN2)cc1OC.Cl. The molecule has 0 radical (unpaired) electrons. The summed E-state index contributed by atoms with van der Waals surface area (Å²) in [6, 6.07) is 5.74. The number of methoxy groups -OCH3 is 1. The van der Waals surface area contributed by atoms with Crippen LogP contribution in [0.3, 0.4) is 0 Å². The summed E-state index contributed by atoms with van der Waals surface area (Å²) in [6.07, 6.45) is 5.35. The van der Waals surface area contributed by atoms with Crippen LogP contribution in [0.2, 0.25) is 0 Å². The molecule has 1 saturated heterocycles. The van der Waals surface area contributed by atoms with Gasteiger partial charge in [-0.15, -0.1) is 12.4 Å². The predicted molar refractivity (Wildman–Crippen MR) is 103 cm³/mol. The van der Waals surface area contributed by atoms with Crippen molar-refractivity contribution in [2.24, 2.45) is 0 Å². The number of carbonyl (C=O) groups excluding carboxylic acids is 1. The maximum atomic E-state index is 12.2. The summed E-state index contributed by atoms with van der Waals surface area (Å²) in [5.41, 5.74) is 1.01. The second-order valence-corrected chi connectivity index (χ2v) is 6.35. The minimum absolute atomic E-state index is 0. The quantitative estimate of drug-likeness (QED) is 0.652. The topological polar surface area (TPSA) is 59.6 Å². The van der Waals surface area contributed by atoms with Gasteiger partial charge in [0.05, 0.1) is 25.8 Å². The standard InChI is InChI=1S/C19H30N2O3.ClH/c1-4-5-6-12-24-17-10-9-15(13-18(17)23-3)14(2)21-19(22)16-8-7-11-20-16;/h9-10,13-14,16,20H,4-8,11-12H2,1-3H3,(H,21,22);1H. The molecule has 2 unspecified atom stereocenters. The molecule has 6 heteroatoms. The van der Waals surface area contributed by atoms with E-state index >= 15 is 0 Å². The molecule has 2 N–H and O–H groups in total. The molecule has 2 rings (SSSR count). The van der Waals surface area contributed by atoms with Gasteiger partial charge in [0.15, 0.2) is 11.5 Å². The van der Waals surface area contributed by atoms with E-state index in [1.807, 2.05) is 25.1 Å². The summed E-state index contributed by atoms with van der Waals surface area (Å²) in [6.45, 7) is 5.78. The third kappa shape index (κ3) is 6.40. The lowest BCUT2D eigenvalue weighted by atomic mass is 10.1. The van der Waals surface area contributed by atoms with Crippen molar-refractivity contribution in [1.29, 1.82) is 0 Å². The summed E-state index contributed by atoms with van der Waals surface area (Å²) < 4.78 is 11.3. The zero-order valence-electron chi connectivity index (χ0n) is 15.5. The molecule has 0 spiro atoms. The van der Waals surface area contributed by atoms with E-state index in [0.29, 0.717) is 12.4 Å². The minimum Gasteiger partial charge on any atom is -0.493 e. The Morgan fingerprint density at radius 1 is 1.36 bits per heavy atom. The van der Waals surface area contributed by atoms with E-state index in [2.05, 4.69) is 17.6 Å². The molecular weight excluding hydrogens is 340 g/mol. The molecule has 1 heterocycles. The Morgan fingerprint density at radius 3 is 2.80 bits per heavy atom. The van der Waals surface area contributed by atoms with Gasteiger partial charge in [-0.2, -0.15) is 0 Å². The molecule has 0 aliphatic carbocycles. The first-order valence-electron chi connectivity index (χ1n) is 9.00. The maximum Gasteiger partial charge on any atom is 0.237 e. The second kappa shape index (κ2) is 11.2. The molecule has 0 saturated carbocycles. The van der Waals surface area contributed by atoms with Gasteiger partial charge in [-0.25, -0.2) is 0 Å². The van der Waals surface area contributed by atoms with E-state index in [-0.39, 0.29) is 30.4 Å². The molecule has 142 valence electrons. The third-order valence-electron chi connectivity index (χ3n) is 4.43. The molecule has 0 bridgehead atoms. The van der Waals surface area contributed by atoms with Crippen LogP contribution in [0.5, 0.6) is 11.5 Å². The Labute approximate surface area is 157 Å². The van der Waals surface area contributed by atoms with Gasteiger partial charge in [0.2, 0.25) is 5.91 Å². The molecule has 0 aromatic heterocycles. The lowest BCUT2D eigenvalue weighted by molar-refractivity contribution is -0.123. The summed E-state index contributed by atoms with van der Waals surface area (Å²) in [5, 5.41) is 6.29. The molecule has 5 nitrogen and oxygen atoms in total. The zero-order valence-corrected chi connectivity index (χ0v) is 16.3.